The molecule has 2 rings (SSSR count). The molecule has 0 fully saturated rings. The van der Waals surface area contributed by atoms with E-state index in [0.717, 1.165) is 31.2 Å². The second-order valence-corrected chi connectivity index (χ2v) is 4.76. The highest BCUT2D eigenvalue weighted by Gasteiger charge is 2.07. The maximum atomic E-state index is 5.53. The van der Waals surface area contributed by atoms with Crippen molar-refractivity contribution in [3.05, 3.63) is 46.7 Å². The summed E-state index contributed by atoms with van der Waals surface area (Å²) in [6, 6.07) is 6.29. The highest BCUT2D eigenvalue weighted by Crippen LogP contribution is 2.15. The molecule has 0 saturated heterocycles. The molecule has 0 aromatic carbocycles. The lowest BCUT2D eigenvalue weighted by atomic mass is 10.2. The van der Waals surface area contributed by atoms with Gasteiger partial charge in [-0.2, -0.15) is 0 Å². The van der Waals surface area contributed by atoms with Crippen LogP contribution in [-0.4, -0.2) is 4.57 Å². The van der Waals surface area contributed by atoms with Gasteiger partial charge in [0.2, 0.25) is 0 Å². The highest BCUT2D eigenvalue weighted by molar-refractivity contribution is 5.26. The number of rotatable bonds is 5. The predicted molar refractivity (Wildman–Crippen MR) is 73.6 cm³/mol. The van der Waals surface area contributed by atoms with Crippen molar-refractivity contribution in [2.24, 2.45) is 0 Å². The van der Waals surface area contributed by atoms with E-state index < -0.39 is 0 Å². The van der Waals surface area contributed by atoms with E-state index in [-0.39, 0.29) is 0 Å². The molecule has 0 aliphatic carbocycles. The maximum absolute atomic E-state index is 5.53. The van der Waals surface area contributed by atoms with Gasteiger partial charge in [0, 0.05) is 24.5 Å². The smallest absolute Gasteiger partial charge is 0.117 e. The van der Waals surface area contributed by atoms with Gasteiger partial charge >= 0.3 is 0 Å². The molecular formula is C15H22N2O. The number of hydrogen-bond donors (Lipinski definition) is 1. The first-order valence-electron chi connectivity index (χ1n) is 6.53. The van der Waals surface area contributed by atoms with Gasteiger partial charge in [0.05, 0.1) is 6.54 Å². The zero-order valence-electron chi connectivity index (χ0n) is 11.7. The summed E-state index contributed by atoms with van der Waals surface area (Å²) in [7, 11) is 0. The first-order chi connectivity index (χ1) is 8.61. The van der Waals surface area contributed by atoms with Gasteiger partial charge in [-0.3, -0.25) is 0 Å². The van der Waals surface area contributed by atoms with E-state index in [2.05, 4.69) is 36.7 Å². The summed E-state index contributed by atoms with van der Waals surface area (Å²) in [5, 5.41) is 3.43. The lowest BCUT2D eigenvalue weighted by Crippen LogP contribution is -2.12. The molecule has 18 heavy (non-hydrogen) atoms. The van der Waals surface area contributed by atoms with Gasteiger partial charge in [0.25, 0.3) is 0 Å². The Morgan fingerprint density at radius 1 is 1.17 bits per heavy atom. The SMILES string of the molecule is CCn1c(C)cc(CNCc2ccc(C)o2)c1C. The van der Waals surface area contributed by atoms with Crippen molar-refractivity contribution >= 4 is 0 Å². The van der Waals surface area contributed by atoms with Crippen LogP contribution >= 0.6 is 0 Å². The van der Waals surface area contributed by atoms with Gasteiger partial charge in [-0.05, 0) is 51.5 Å². The molecule has 0 spiro atoms. The number of aromatic nitrogens is 1. The molecule has 0 amide bonds. The monoisotopic (exact) mass is 246 g/mol. The number of nitrogens with zero attached hydrogens (tertiary/aromatic N) is 1. The Kier molecular flexibility index (Phi) is 3.92. The summed E-state index contributed by atoms with van der Waals surface area (Å²) >= 11 is 0. The van der Waals surface area contributed by atoms with Crippen molar-refractivity contribution < 1.29 is 4.42 Å². The number of furan rings is 1. The van der Waals surface area contributed by atoms with Crippen LogP contribution < -0.4 is 5.32 Å². The quantitative estimate of drug-likeness (QED) is 0.877. The third kappa shape index (κ3) is 2.67. The van der Waals surface area contributed by atoms with E-state index >= 15 is 0 Å². The van der Waals surface area contributed by atoms with E-state index in [1.807, 2.05) is 19.1 Å². The fraction of sp³-hybridized carbons (Fsp3) is 0.467. The van der Waals surface area contributed by atoms with Crippen molar-refractivity contribution in [1.82, 2.24) is 9.88 Å². The van der Waals surface area contributed by atoms with E-state index in [1.165, 1.54) is 17.0 Å². The Balaban J connectivity index is 1.94. The zero-order chi connectivity index (χ0) is 13.1. The first kappa shape index (κ1) is 13.0. The van der Waals surface area contributed by atoms with Crippen LogP contribution in [0.15, 0.2) is 22.6 Å². The fourth-order valence-corrected chi connectivity index (χ4v) is 2.44. The van der Waals surface area contributed by atoms with Gasteiger partial charge in [-0.1, -0.05) is 0 Å². The van der Waals surface area contributed by atoms with E-state index in [4.69, 9.17) is 4.42 Å². The number of hydrogen-bond acceptors (Lipinski definition) is 2. The normalized spacial score (nSPS) is 11.1. The van der Waals surface area contributed by atoms with Crippen LogP contribution in [0.3, 0.4) is 0 Å². The topological polar surface area (TPSA) is 30.1 Å². The predicted octanol–water partition coefficient (Wildman–Crippen LogP) is 3.32. The van der Waals surface area contributed by atoms with Crippen molar-refractivity contribution in [3.63, 3.8) is 0 Å². The molecule has 0 radical (unpaired) electrons. The van der Waals surface area contributed by atoms with Gasteiger partial charge in [0.1, 0.15) is 11.5 Å². The molecule has 0 aliphatic rings. The van der Waals surface area contributed by atoms with Gasteiger partial charge < -0.3 is 14.3 Å². The minimum absolute atomic E-state index is 0.781. The Labute approximate surface area is 109 Å². The molecule has 0 bridgehead atoms. The maximum Gasteiger partial charge on any atom is 0.117 e. The molecule has 0 unspecified atom stereocenters. The van der Waals surface area contributed by atoms with Crippen molar-refractivity contribution in [3.8, 4) is 0 Å². The third-order valence-electron chi connectivity index (χ3n) is 3.41. The minimum atomic E-state index is 0.781. The summed E-state index contributed by atoms with van der Waals surface area (Å²) in [5.74, 6) is 1.97. The Morgan fingerprint density at radius 3 is 2.50 bits per heavy atom. The second kappa shape index (κ2) is 5.44. The minimum Gasteiger partial charge on any atom is -0.465 e. The molecule has 3 heteroatoms. The largest absolute Gasteiger partial charge is 0.465 e. The zero-order valence-corrected chi connectivity index (χ0v) is 11.7. The standard InChI is InChI=1S/C15H22N2O/c1-5-17-11(2)8-14(13(17)4)9-16-10-15-7-6-12(3)18-15/h6-8,16H,5,9-10H2,1-4H3. The van der Waals surface area contributed by atoms with Crippen molar-refractivity contribution in [2.75, 3.05) is 0 Å². The van der Waals surface area contributed by atoms with Crippen LogP contribution in [0, 0.1) is 20.8 Å². The van der Waals surface area contributed by atoms with Crippen LogP contribution in [0.2, 0.25) is 0 Å². The molecule has 0 atom stereocenters. The third-order valence-corrected chi connectivity index (χ3v) is 3.41. The lowest BCUT2D eigenvalue weighted by molar-refractivity contribution is 0.461. The van der Waals surface area contributed by atoms with Gasteiger partial charge in [0.15, 0.2) is 0 Å². The fourth-order valence-electron chi connectivity index (χ4n) is 2.44. The lowest BCUT2D eigenvalue weighted by Gasteiger charge is -2.06. The summed E-state index contributed by atoms with van der Waals surface area (Å²) in [4.78, 5) is 0. The van der Waals surface area contributed by atoms with Crippen LogP contribution in [0.25, 0.3) is 0 Å². The molecule has 0 saturated carbocycles. The second-order valence-electron chi connectivity index (χ2n) is 4.76. The molecule has 2 heterocycles. The average molecular weight is 246 g/mol. The van der Waals surface area contributed by atoms with Crippen LogP contribution in [-0.2, 0) is 19.6 Å². The van der Waals surface area contributed by atoms with Gasteiger partial charge in [-0.25, -0.2) is 0 Å². The molecule has 2 aromatic heterocycles. The molecule has 2 aromatic rings. The number of nitrogens with one attached hydrogen (secondary N) is 1. The summed E-state index contributed by atoms with van der Waals surface area (Å²) in [5.41, 5.74) is 4.07. The molecule has 1 N–H and O–H groups in total. The van der Waals surface area contributed by atoms with Gasteiger partial charge in [-0.15, -0.1) is 0 Å². The van der Waals surface area contributed by atoms with Crippen molar-refractivity contribution in [2.45, 2.75) is 47.3 Å². The van der Waals surface area contributed by atoms with E-state index in [0.29, 0.717) is 0 Å². The summed E-state index contributed by atoms with van der Waals surface area (Å²) in [6.45, 7) is 11.2. The molecule has 98 valence electrons. The number of aryl methyl sites for hydroxylation is 2. The van der Waals surface area contributed by atoms with E-state index in [1.54, 1.807) is 0 Å². The van der Waals surface area contributed by atoms with Crippen LogP contribution in [0.4, 0.5) is 0 Å². The summed E-state index contributed by atoms with van der Waals surface area (Å²) in [6.07, 6.45) is 0. The highest BCUT2D eigenvalue weighted by atomic mass is 16.3. The van der Waals surface area contributed by atoms with Crippen LogP contribution in [0.1, 0.15) is 35.4 Å². The molecular weight excluding hydrogens is 224 g/mol. The molecule has 3 nitrogen and oxygen atoms in total. The first-order valence-corrected chi connectivity index (χ1v) is 6.53. The Morgan fingerprint density at radius 2 is 1.94 bits per heavy atom. The summed E-state index contributed by atoms with van der Waals surface area (Å²) < 4.78 is 7.88. The Hall–Kier alpha value is -1.48. The average Bonchev–Trinajstić information content (AvgIpc) is 2.85. The molecule has 0 aliphatic heterocycles. The Bertz CT molecular complexity index is 523. The van der Waals surface area contributed by atoms with E-state index in [9.17, 15) is 0 Å². The van der Waals surface area contributed by atoms with Crippen LogP contribution in [0.5, 0.6) is 0 Å². The van der Waals surface area contributed by atoms with Crippen molar-refractivity contribution in [1.29, 1.82) is 0 Å².